The Labute approximate surface area is 155 Å². The Kier molecular flexibility index (Phi) is 4.90. The van der Waals surface area contributed by atoms with Crippen LogP contribution in [-0.2, 0) is 26.8 Å². The summed E-state index contributed by atoms with van der Waals surface area (Å²) in [4.78, 5) is 14.3. The first-order chi connectivity index (χ1) is 12.2. The van der Waals surface area contributed by atoms with E-state index >= 15 is 0 Å². The molecule has 0 aromatic heterocycles. The number of fused-ring (bicyclic) bond motifs is 1. The van der Waals surface area contributed by atoms with Crippen LogP contribution in [0.2, 0.25) is 0 Å². The highest BCUT2D eigenvalue weighted by Gasteiger charge is 2.36. The molecule has 0 spiro atoms. The molecule has 1 heterocycles. The molecule has 0 atom stereocenters. The average molecular weight is 372 g/mol. The molecule has 0 unspecified atom stereocenters. The lowest BCUT2D eigenvalue weighted by Crippen LogP contribution is -2.42. The SMILES string of the molecule is CCN1C(=O)CC(C)(C)c2cc(S(=O)(=O)NCc3ccccc3)ccc21. The van der Waals surface area contributed by atoms with Crippen molar-refractivity contribution in [3.05, 3.63) is 59.7 Å². The lowest BCUT2D eigenvalue weighted by Gasteiger charge is -2.38. The molecule has 0 saturated carbocycles. The number of hydrogen-bond donors (Lipinski definition) is 1. The monoisotopic (exact) mass is 372 g/mol. The summed E-state index contributed by atoms with van der Waals surface area (Å²) >= 11 is 0. The normalized spacial score (nSPS) is 16.4. The Morgan fingerprint density at radius 1 is 1.12 bits per heavy atom. The van der Waals surface area contributed by atoms with Gasteiger partial charge in [-0.25, -0.2) is 13.1 Å². The number of carbonyl (C=O) groups excluding carboxylic acids is 1. The Hall–Kier alpha value is -2.18. The highest BCUT2D eigenvalue weighted by Crippen LogP contribution is 2.41. The van der Waals surface area contributed by atoms with Crippen LogP contribution < -0.4 is 9.62 Å². The fraction of sp³-hybridized carbons (Fsp3) is 0.350. The van der Waals surface area contributed by atoms with Gasteiger partial charge in [-0.2, -0.15) is 0 Å². The molecule has 138 valence electrons. The first-order valence-corrected chi connectivity index (χ1v) is 10.2. The van der Waals surface area contributed by atoms with E-state index in [1.165, 1.54) is 0 Å². The maximum absolute atomic E-state index is 12.7. The number of nitrogens with one attached hydrogen (secondary N) is 1. The number of rotatable bonds is 5. The van der Waals surface area contributed by atoms with E-state index in [0.29, 0.717) is 13.0 Å². The lowest BCUT2D eigenvalue weighted by atomic mass is 9.77. The molecule has 0 radical (unpaired) electrons. The van der Waals surface area contributed by atoms with E-state index in [9.17, 15) is 13.2 Å². The molecule has 0 aliphatic carbocycles. The highest BCUT2D eigenvalue weighted by molar-refractivity contribution is 7.89. The summed E-state index contributed by atoms with van der Waals surface area (Å²) in [7, 11) is -3.63. The van der Waals surface area contributed by atoms with Crippen molar-refractivity contribution in [3.63, 3.8) is 0 Å². The van der Waals surface area contributed by atoms with E-state index in [2.05, 4.69) is 4.72 Å². The summed E-state index contributed by atoms with van der Waals surface area (Å²) in [6.45, 7) is 6.69. The summed E-state index contributed by atoms with van der Waals surface area (Å²) in [6, 6.07) is 14.4. The predicted octanol–water partition coefficient (Wildman–Crippen LogP) is 3.20. The molecule has 0 saturated heterocycles. The van der Waals surface area contributed by atoms with E-state index in [0.717, 1.165) is 16.8 Å². The molecule has 6 heteroatoms. The van der Waals surface area contributed by atoms with Crippen LogP contribution in [0.3, 0.4) is 0 Å². The maximum Gasteiger partial charge on any atom is 0.240 e. The molecule has 3 rings (SSSR count). The van der Waals surface area contributed by atoms with Crippen LogP contribution in [0.1, 0.15) is 38.3 Å². The van der Waals surface area contributed by atoms with Crippen molar-refractivity contribution >= 4 is 21.6 Å². The molecule has 1 aliphatic heterocycles. The van der Waals surface area contributed by atoms with Crippen LogP contribution in [0.5, 0.6) is 0 Å². The summed E-state index contributed by atoms with van der Waals surface area (Å²) in [5.74, 6) is 0.0720. The lowest BCUT2D eigenvalue weighted by molar-refractivity contribution is -0.120. The molecule has 2 aromatic rings. The van der Waals surface area contributed by atoms with Gasteiger partial charge in [-0.1, -0.05) is 44.2 Å². The van der Waals surface area contributed by atoms with Crippen molar-refractivity contribution < 1.29 is 13.2 Å². The zero-order valence-corrected chi connectivity index (χ0v) is 16.1. The Balaban J connectivity index is 1.93. The number of carbonyl (C=O) groups is 1. The van der Waals surface area contributed by atoms with Crippen LogP contribution in [-0.4, -0.2) is 20.9 Å². The van der Waals surface area contributed by atoms with E-state index in [1.54, 1.807) is 23.1 Å². The minimum atomic E-state index is -3.63. The van der Waals surface area contributed by atoms with E-state index < -0.39 is 15.4 Å². The third kappa shape index (κ3) is 3.52. The van der Waals surface area contributed by atoms with Gasteiger partial charge in [-0.3, -0.25) is 4.79 Å². The smallest absolute Gasteiger partial charge is 0.240 e. The van der Waals surface area contributed by atoms with Crippen LogP contribution in [0.15, 0.2) is 53.4 Å². The molecule has 1 N–H and O–H groups in total. The molecule has 0 fully saturated rings. The number of nitrogens with zero attached hydrogens (tertiary/aromatic N) is 1. The standard InChI is InChI=1S/C20H24N2O3S/c1-4-22-18-11-10-16(12-17(18)20(2,3)13-19(22)23)26(24,25)21-14-15-8-6-5-7-9-15/h5-12,21H,4,13-14H2,1-3H3. The van der Waals surface area contributed by atoms with Crippen LogP contribution in [0.25, 0.3) is 0 Å². The van der Waals surface area contributed by atoms with Gasteiger partial charge >= 0.3 is 0 Å². The molecule has 1 amide bonds. The van der Waals surface area contributed by atoms with Gasteiger partial charge in [0.15, 0.2) is 0 Å². The van der Waals surface area contributed by atoms with Gasteiger partial charge in [0.05, 0.1) is 4.90 Å². The molecule has 1 aliphatic rings. The summed E-state index contributed by atoms with van der Waals surface area (Å²) in [5, 5.41) is 0. The minimum absolute atomic E-state index is 0.0720. The number of sulfonamides is 1. The summed E-state index contributed by atoms with van der Waals surface area (Å²) in [6.07, 6.45) is 0.370. The van der Waals surface area contributed by atoms with Crippen molar-refractivity contribution in [3.8, 4) is 0 Å². The zero-order valence-electron chi connectivity index (χ0n) is 15.3. The second-order valence-corrected chi connectivity index (χ2v) is 8.95. The average Bonchev–Trinajstić information content (AvgIpc) is 2.60. The third-order valence-electron chi connectivity index (χ3n) is 4.82. The highest BCUT2D eigenvalue weighted by atomic mass is 32.2. The van der Waals surface area contributed by atoms with Crippen molar-refractivity contribution in [1.29, 1.82) is 0 Å². The van der Waals surface area contributed by atoms with Crippen molar-refractivity contribution in [2.24, 2.45) is 0 Å². The van der Waals surface area contributed by atoms with Gasteiger partial charge in [0.25, 0.3) is 0 Å². The topological polar surface area (TPSA) is 66.5 Å². The van der Waals surface area contributed by atoms with Crippen molar-refractivity contribution in [2.45, 2.75) is 44.0 Å². The largest absolute Gasteiger partial charge is 0.312 e. The molecular weight excluding hydrogens is 348 g/mol. The van der Waals surface area contributed by atoms with Crippen LogP contribution >= 0.6 is 0 Å². The zero-order chi connectivity index (χ0) is 18.9. The van der Waals surface area contributed by atoms with Crippen molar-refractivity contribution in [2.75, 3.05) is 11.4 Å². The van der Waals surface area contributed by atoms with Gasteiger partial charge in [0.1, 0.15) is 0 Å². The molecule has 2 aromatic carbocycles. The first kappa shape index (κ1) is 18.6. The van der Waals surface area contributed by atoms with Crippen molar-refractivity contribution in [1.82, 2.24) is 4.72 Å². The molecule has 26 heavy (non-hydrogen) atoms. The van der Waals surface area contributed by atoms with E-state index in [4.69, 9.17) is 0 Å². The first-order valence-electron chi connectivity index (χ1n) is 8.73. The number of amides is 1. The van der Waals surface area contributed by atoms with Gasteiger partial charge in [0, 0.05) is 30.6 Å². The molecule has 5 nitrogen and oxygen atoms in total. The number of anilines is 1. The maximum atomic E-state index is 12.7. The van der Waals surface area contributed by atoms with Gasteiger partial charge in [0.2, 0.25) is 15.9 Å². The second kappa shape index (κ2) is 6.85. The fourth-order valence-electron chi connectivity index (χ4n) is 3.37. The van der Waals surface area contributed by atoms with E-state index in [-0.39, 0.29) is 17.3 Å². The Morgan fingerprint density at radius 2 is 1.81 bits per heavy atom. The number of hydrogen-bond acceptors (Lipinski definition) is 3. The summed E-state index contributed by atoms with van der Waals surface area (Å²) < 4.78 is 28.1. The van der Waals surface area contributed by atoms with Crippen LogP contribution in [0, 0.1) is 0 Å². The van der Waals surface area contributed by atoms with Gasteiger partial charge in [-0.15, -0.1) is 0 Å². The fourth-order valence-corrected chi connectivity index (χ4v) is 4.41. The Bertz CT molecular complexity index is 921. The molecule has 0 bridgehead atoms. The minimum Gasteiger partial charge on any atom is -0.312 e. The Morgan fingerprint density at radius 3 is 2.46 bits per heavy atom. The summed E-state index contributed by atoms with van der Waals surface area (Å²) in [5.41, 5.74) is 2.19. The number of benzene rings is 2. The van der Waals surface area contributed by atoms with Crippen LogP contribution in [0.4, 0.5) is 5.69 Å². The molecular formula is C20H24N2O3S. The second-order valence-electron chi connectivity index (χ2n) is 7.19. The third-order valence-corrected chi connectivity index (χ3v) is 6.22. The quantitative estimate of drug-likeness (QED) is 0.876. The van der Waals surface area contributed by atoms with E-state index in [1.807, 2.05) is 51.1 Å². The predicted molar refractivity (Wildman–Crippen MR) is 103 cm³/mol. The van der Waals surface area contributed by atoms with Gasteiger partial charge in [-0.05, 0) is 36.2 Å². The van der Waals surface area contributed by atoms with Gasteiger partial charge < -0.3 is 4.90 Å².